The van der Waals surface area contributed by atoms with Gasteiger partial charge < -0.3 is 20.6 Å². The van der Waals surface area contributed by atoms with E-state index in [1.807, 2.05) is 0 Å². The molecule has 5 N–H and O–H groups in total. The van der Waals surface area contributed by atoms with Gasteiger partial charge in [-0.1, -0.05) is 0 Å². The summed E-state index contributed by atoms with van der Waals surface area (Å²) in [5.74, 6) is -0.776. The molecule has 2 bridgehead atoms. The molecular formula is C23H23FN6O3. The summed E-state index contributed by atoms with van der Waals surface area (Å²) in [7, 11) is 0. The van der Waals surface area contributed by atoms with Crippen LogP contribution in [0.2, 0.25) is 0 Å². The monoisotopic (exact) mass is 450 g/mol. The first kappa shape index (κ1) is 21.0. The molecule has 2 atom stereocenters. The van der Waals surface area contributed by atoms with Crippen LogP contribution in [-0.2, 0) is 4.79 Å². The van der Waals surface area contributed by atoms with E-state index in [4.69, 9.17) is 15.6 Å². The number of nitrogens with two attached hydrogens (primary N) is 1. The molecule has 0 aliphatic heterocycles. The Morgan fingerprint density at radius 3 is 2.67 bits per heavy atom. The van der Waals surface area contributed by atoms with Gasteiger partial charge in [-0.05, 0) is 55.7 Å². The molecule has 170 valence electrons. The molecule has 3 fully saturated rings. The fraction of sp³-hybridized carbons (Fsp3) is 0.348. The summed E-state index contributed by atoms with van der Waals surface area (Å²) >= 11 is 0. The van der Waals surface area contributed by atoms with Crippen molar-refractivity contribution in [2.24, 2.45) is 17.8 Å². The predicted molar refractivity (Wildman–Crippen MR) is 118 cm³/mol. The number of rotatable bonds is 6. The van der Waals surface area contributed by atoms with E-state index in [1.165, 1.54) is 6.26 Å². The van der Waals surface area contributed by atoms with Gasteiger partial charge in [0.15, 0.2) is 11.6 Å². The Bertz CT molecular complexity index is 1210. The third-order valence-electron chi connectivity index (χ3n) is 6.70. The molecule has 3 aromatic rings. The molecule has 3 aliphatic carbocycles. The molecule has 2 unspecified atom stereocenters. The van der Waals surface area contributed by atoms with Crippen LogP contribution in [0.15, 0.2) is 41.1 Å². The summed E-state index contributed by atoms with van der Waals surface area (Å²) in [6, 6.07) is 5.94. The van der Waals surface area contributed by atoms with Gasteiger partial charge in [-0.25, -0.2) is 19.3 Å². The molecule has 3 aliphatic rings. The summed E-state index contributed by atoms with van der Waals surface area (Å²) < 4.78 is 19.3. The fourth-order valence-corrected chi connectivity index (χ4v) is 5.14. The Hall–Kier alpha value is -3.82. The van der Waals surface area contributed by atoms with Crippen LogP contribution in [0.4, 0.5) is 16.0 Å². The second-order valence-electron chi connectivity index (χ2n) is 8.61. The van der Waals surface area contributed by atoms with Crippen LogP contribution < -0.4 is 11.1 Å². The van der Waals surface area contributed by atoms with Crippen LogP contribution >= 0.6 is 0 Å². The number of hydrogen-bond acceptors (Lipinski definition) is 8. The highest BCUT2D eigenvalue weighted by molar-refractivity contribution is 6.11. The number of pyridine rings is 1. The summed E-state index contributed by atoms with van der Waals surface area (Å²) in [6.45, 7) is 0. The maximum atomic E-state index is 13.8. The van der Waals surface area contributed by atoms with Crippen molar-refractivity contribution in [2.75, 3.05) is 11.1 Å². The number of nitrogens with zero attached hydrogens (tertiary/aromatic N) is 3. The number of fused-ring (bicyclic) bond motifs is 3. The van der Waals surface area contributed by atoms with E-state index in [0.717, 1.165) is 37.9 Å². The molecule has 0 saturated heterocycles. The smallest absolute Gasteiger partial charge is 0.308 e. The number of carboxylic acid groups (broad SMARTS) is 1. The maximum Gasteiger partial charge on any atom is 0.308 e. The zero-order valence-electron chi connectivity index (χ0n) is 17.7. The van der Waals surface area contributed by atoms with Crippen molar-refractivity contribution in [3.63, 3.8) is 0 Å². The molecule has 0 amide bonds. The Labute approximate surface area is 188 Å². The van der Waals surface area contributed by atoms with Crippen LogP contribution in [0.25, 0.3) is 11.5 Å². The van der Waals surface area contributed by atoms with Crippen molar-refractivity contribution in [3.05, 3.63) is 53.9 Å². The minimum atomic E-state index is -0.811. The second-order valence-corrected chi connectivity index (χ2v) is 8.61. The summed E-state index contributed by atoms with van der Waals surface area (Å²) in [5.41, 5.74) is 6.15. The van der Waals surface area contributed by atoms with Gasteiger partial charge in [-0.2, -0.15) is 0 Å². The molecule has 0 radical (unpaired) electrons. The largest absolute Gasteiger partial charge is 0.481 e. The van der Waals surface area contributed by atoms with Crippen LogP contribution in [0.5, 0.6) is 0 Å². The highest BCUT2D eigenvalue weighted by Gasteiger charge is 2.47. The third-order valence-corrected chi connectivity index (χ3v) is 6.70. The Balaban J connectivity index is 1.55. The number of hydrogen-bond donors (Lipinski definition) is 4. The van der Waals surface area contributed by atoms with E-state index in [1.54, 1.807) is 18.2 Å². The van der Waals surface area contributed by atoms with Crippen LogP contribution in [0.3, 0.4) is 0 Å². The van der Waals surface area contributed by atoms with E-state index >= 15 is 0 Å². The average molecular weight is 450 g/mol. The molecule has 33 heavy (non-hydrogen) atoms. The number of nitrogens with one attached hydrogen (secondary N) is 2. The average Bonchev–Trinajstić information content (AvgIpc) is 3.36. The summed E-state index contributed by atoms with van der Waals surface area (Å²) in [5, 5.41) is 21.8. The number of aliphatic carboxylic acids is 1. The Morgan fingerprint density at radius 2 is 1.97 bits per heavy atom. The number of aromatic nitrogens is 3. The fourth-order valence-electron chi connectivity index (χ4n) is 5.14. The number of halogens is 1. The van der Waals surface area contributed by atoms with Gasteiger partial charge in [-0.3, -0.25) is 10.2 Å². The standard InChI is InChI=1S/C23H23FN6O3/c24-13-8-14(21(26)27-10-13)19(25)22-28-15(16-2-1-7-33-16)9-17(30-22)29-20-12-5-3-11(4-6-12)18(20)23(31)32/h1-2,7-12,18,20,25H,3-6H2,(H2,26,27)(H,31,32)(H,28,29,30). The molecule has 0 spiro atoms. The zero-order valence-corrected chi connectivity index (χ0v) is 17.7. The SMILES string of the molecule is N=C(c1nc(NC2C3CCC(CC3)C2C(=O)O)cc(-c2ccco2)n1)c1cc(F)cnc1N. The molecular weight excluding hydrogens is 427 g/mol. The normalized spacial score (nSPS) is 23.9. The molecule has 3 aromatic heterocycles. The van der Waals surface area contributed by atoms with Crippen molar-refractivity contribution in [1.29, 1.82) is 5.41 Å². The zero-order chi connectivity index (χ0) is 23.1. The van der Waals surface area contributed by atoms with Gasteiger partial charge in [0.1, 0.15) is 28.9 Å². The van der Waals surface area contributed by atoms with E-state index in [0.29, 0.717) is 17.3 Å². The lowest BCUT2D eigenvalue weighted by Crippen LogP contribution is -2.51. The Morgan fingerprint density at radius 1 is 1.21 bits per heavy atom. The lowest BCUT2D eigenvalue weighted by Gasteiger charge is -2.47. The molecule has 3 saturated carbocycles. The second kappa shape index (κ2) is 8.27. The number of carbonyl (C=O) groups is 1. The van der Waals surface area contributed by atoms with Crippen molar-refractivity contribution >= 4 is 23.3 Å². The number of anilines is 2. The lowest BCUT2D eigenvalue weighted by atomic mass is 9.61. The van der Waals surface area contributed by atoms with Crippen molar-refractivity contribution < 1.29 is 18.7 Å². The topological polar surface area (TPSA) is 151 Å². The molecule has 10 heteroatoms. The maximum absolute atomic E-state index is 13.8. The molecule has 3 heterocycles. The first-order chi connectivity index (χ1) is 15.9. The molecule has 6 rings (SSSR count). The first-order valence-corrected chi connectivity index (χ1v) is 10.8. The van der Waals surface area contributed by atoms with Crippen LogP contribution in [-0.4, -0.2) is 37.8 Å². The minimum absolute atomic E-state index is 0.00153. The number of nitrogen functional groups attached to an aromatic ring is 1. The van der Waals surface area contributed by atoms with Crippen LogP contribution in [0.1, 0.15) is 37.1 Å². The van der Waals surface area contributed by atoms with Crippen LogP contribution in [0, 0.1) is 29.0 Å². The van der Waals surface area contributed by atoms with Crippen molar-refractivity contribution in [1.82, 2.24) is 15.0 Å². The van der Waals surface area contributed by atoms with E-state index in [2.05, 4.69) is 20.3 Å². The van der Waals surface area contributed by atoms with E-state index in [9.17, 15) is 14.3 Å². The van der Waals surface area contributed by atoms with E-state index in [-0.39, 0.29) is 40.8 Å². The predicted octanol–water partition coefficient (Wildman–Crippen LogP) is 3.57. The van der Waals surface area contributed by atoms with Gasteiger partial charge in [-0.15, -0.1) is 0 Å². The van der Waals surface area contributed by atoms with Gasteiger partial charge in [0.25, 0.3) is 0 Å². The number of furan rings is 1. The first-order valence-electron chi connectivity index (χ1n) is 10.8. The van der Waals surface area contributed by atoms with Gasteiger partial charge >= 0.3 is 5.97 Å². The highest BCUT2D eigenvalue weighted by Crippen LogP contribution is 2.46. The Kier molecular flexibility index (Phi) is 5.27. The molecule has 9 nitrogen and oxygen atoms in total. The lowest BCUT2D eigenvalue weighted by molar-refractivity contribution is -0.148. The quantitative estimate of drug-likeness (QED) is 0.416. The third kappa shape index (κ3) is 3.92. The summed E-state index contributed by atoms with van der Waals surface area (Å²) in [6.07, 6.45) is 6.26. The summed E-state index contributed by atoms with van der Waals surface area (Å²) in [4.78, 5) is 24.7. The molecule has 0 aromatic carbocycles. The van der Waals surface area contributed by atoms with Gasteiger partial charge in [0, 0.05) is 17.7 Å². The highest BCUT2D eigenvalue weighted by atomic mass is 19.1. The van der Waals surface area contributed by atoms with Gasteiger partial charge in [0.05, 0.1) is 18.4 Å². The van der Waals surface area contributed by atoms with E-state index < -0.39 is 17.7 Å². The van der Waals surface area contributed by atoms with Crippen molar-refractivity contribution in [2.45, 2.75) is 31.7 Å². The number of carboxylic acids is 1. The minimum Gasteiger partial charge on any atom is -0.481 e. The van der Waals surface area contributed by atoms with Crippen molar-refractivity contribution in [3.8, 4) is 11.5 Å². The van der Waals surface area contributed by atoms with Gasteiger partial charge in [0.2, 0.25) is 0 Å².